The molecule has 0 heterocycles. The van der Waals surface area contributed by atoms with E-state index in [0.29, 0.717) is 12.1 Å². The molecule has 0 spiro atoms. The number of unbranched alkanes of at least 4 members (excludes halogenated alkanes) is 3. The zero-order valence-corrected chi connectivity index (χ0v) is 14.0. The van der Waals surface area contributed by atoms with Crippen molar-refractivity contribution in [2.45, 2.75) is 52.0 Å². The van der Waals surface area contributed by atoms with Gasteiger partial charge >= 0.3 is 0 Å². The second-order valence-corrected chi connectivity index (χ2v) is 5.25. The van der Waals surface area contributed by atoms with Gasteiger partial charge in [0, 0.05) is 6.54 Å². The topological polar surface area (TPSA) is 55.1 Å². The minimum atomic E-state index is -0.989. The Kier molecular flexibility index (Phi) is 12.8. The number of halogens is 2. The number of amides is 1. The van der Waals surface area contributed by atoms with Crippen LogP contribution >= 0.6 is 0 Å². The Balaban J connectivity index is 4.55. The molecular formula is C18H28F2N2O. The lowest BCUT2D eigenvalue weighted by atomic mass is 10.0. The van der Waals surface area contributed by atoms with Gasteiger partial charge in [-0.25, -0.2) is 8.78 Å². The number of primary amides is 1. The monoisotopic (exact) mass is 326 g/mol. The van der Waals surface area contributed by atoms with Crippen LogP contribution in [-0.4, -0.2) is 18.5 Å². The number of carbonyl (C=O) groups excluding carboxylic acids is 1. The van der Waals surface area contributed by atoms with Gasteiger partial charge in [-0.15, -0.1) is 0 Å². The maximum absolute atomic E-state index is 13.0. The predicted octanol–water partition coefficient (Wildman–Crippen LogP) is 4.24. The quantitative estimate of drug-likeness (QED) is 0.320. The Morgan fingerprint density at radius 3 is 2.61 bits per heavy atom. The number of allylic oxidation sites excluding steroid dienone is 5. The molecule has 1 atom stereocenters. The van der Waals surface area contributed by atoms with Gasteiger partial charge in [0.2, 0.25) is 5.91 Å². The standard InChI is InChI=1S/C18H28F2N2O/c1-3-5-6-7-8-9-11-22-17(18(21)23)13-15(10-4-2)12-16(20)14-19/h4,8-10,12,14,17,22H,3,5-7,11,13H2,1-2H3,(H2,21,23)/b9-8+,10-4-,15-12+,16-14-/t17-/m0/s1. The third-order valence-electron chi connectivity index (χ3n) is 3.21. The lowest BCUT2D eigenvalue weighted by Gasteiger charge is -2.15. The van der Waals surface area contributed by atoms with Crippen molar-refractivity contribution >= 4 is 5.91 Å². The third kappa shape index (κ3) is 11.5. The van der Waals surface area contributed by atoms with Crippen LogP contribution in [0, 0.1) is 0 Å². The molecule has 0 radical (unpaired) electrons. The first-order valence-electron chi connectivity index (χ1n) is 8.02. The van der Waals surface area contributed by atoms with Gasteiger partial charge in [0.25, 0.3) is 0 Å². The van der Waals surface area contributed by atoms with E-state index in [9.17, 15) is 13.6 Å². The van der Waals surface area contributed by atoms with Crippen LogP contribution in [0.2, 0.25) is 0 Å². The largest absolute Gasteiger partial charge is 0.368 e. The molecule has 0 aliphatic heterocycles. The molecule has 3 N–H and O–H groups in total. The van der Waals surface area contributed by atoms with Gasteiger partial charge in [0.15, 0.2) is 5.83 Å². The van der Waals surface area contributed by atoms with Crippen LogP contribution in [0.15, 0.2) is 48.1 Å². The zero-order chi connectivity index (χ0) is 17.5. The Labute approximate surface area is 138 Å². The Morgan fingerprint density at radius 1 is 1.30 bits per heavy atom. The van der Waals surface area contributed by atoms with E-state index in [0.717, 1.165) is 18.9 Å². The highest BCUT2D eigenvalue weighted by Crippen LogP contribution is 2.12. The van der Waals surface area contributed by atoms with E-state index >= 15 is 0 Å². The number of nitrogens with two attached hydrogens (primary N) is 1. The van der Waals surface area contributed by atoms with Gasteiger partial charge in [-0.3, -0.25) is 4.79 Å². The zero-order valence-electron chi connectivity index (χ0n) is 14.0. The van der Waals surface area contributed by atoms with Crippen LogP contribution in [0.25, 0.3) is 0 Å². The predicted molar refractivity (Wildman–Crippen MR) is 92.1 cm³/mol. The van der Waals surface area contributed by atoms with E-state index in [1.807, 2.05) is 6.08 Å². The summed E-state index contributed by atoms with van der Waals surface area (Å²) in [4.78, 5) is 11.5. The molecule has 0 unspecified atom stereocenters. The summed E-state index contributed by atoms with van der Waals surface area (Å²) in [7, 11) is 0. The van der Waals surface area contributed by atoms with E-state index in [2.05, 4.69) is 18.3 Å². The summed E-state index contributed by atoms with van der Waals surface area (Å²) in [6.45, 7) is 4.42. The normalized spacial score (nSPS) is 14.8. The molecule has 0 aromatic carbocycles. The van der Waals surface area contributed by atoms with Crippen LogP contribution < -0.4 is 11.1 Å². The number of hydrogen-bond donors (Lipinski definition) is 2. The Morgan fingerprint density at radius 2 is 2.04 bits per heavy atom. The maximum atomic E-state index is 13.0. The van der Waals surface area contributed by atoms with Crippen LogP contribution in [0.4, 0.5) is 8.78 Å². The molecule has 23 heavy (non-hydrogen) atoms. The van der Waals surface area contributed by atoms with Crippen LogP contribution in [0.1, 0.15) is 46.0 Å². The fraction of sp³-hybridized carbons (Fsp3) is 0.500. The first-order valence-corrected chi connectivity index (χ1v) is 8.02. The molecule has 0 aromatic heterocycles. The highest BCUT2D eigenvalue weighted by Gasteiger charge is 2.15. The highest BCUT2D eigenvalue weighted by atomic mass is 19.2. The average Bonchev–Trinajstić information content (AvgIpc) is 2.52. The van der Waals surface area contributed by atoms with Crippen LogP contribution in [-0.2, 0) is 4.79 Å². The Hall–Kier alpha value is -1.75. The summed E-state index contributed by atoms with van der Waals surface area (Å²) >= 11 is 0. The Bertz CT molecular complexity index is 454. The number of hydrogen-bond acceptors (Lipinski definition) is 2. The molecule has 0 fully saturated rings. The summed E-state index contributed by atoms with van der Waals surface area (Å²) in [6.07, 6.45) is 13.0. The second-order valence-electron chi connectivity index (χ2n) is 5.25. The molecule has 0 aromatic rings. The number of rotatable bonds is 12. The summed E-state index contributed by atoms with van der Waals surface area (Å²) in [5.74, 6) is -1.51. The highest BCUT2D eigenvalue weighted by molar-refractivity contribution is 5.80. The van der Waals surface area contributed by atoms with Crippen molar-refractivity contribution < 1.29 is 13.6 Å². The first-order chi connectivity index (χ1) is 11.0. The van der Waals surface area contributed by atoms with Gasteiger partial charge in [-0.05, 0) is 37.8 Å². The van der Waals surface area contributed by atoms with Crippen molar-refractivity contribution in [1.82, 2.24) is 5.32 Å². The average molecular weight is 326 g/mol. The van der Waals surface area contributed by atoms with E-state index in [-0.39, 0.29) is 12.8 Å². The molecule has 0 bridgehead atoms. The minimum Gasteiger partial charge on any atom is -0.368 e. The fourth-order valence-corrected chi connectivity index (χ4v) is 2.03. The molecule has 0 saturated carbocycles. The molecular weight excluding hydrogens is 298 g/mol. The van der Waals surface area contributed by atoms with Crippen molar-refractivity contribution in [3.63, 3.8) is 0 Å². The van der Waals surface area contributed by atoms with Crippen molar-refractivity contribution in [3.05, 3.63) is 48.1 Å². The summed E-state index contributed by atoms with van der Waals surface area (Å²) in [5.41, 5.74) is 5.85. The van der Waals surface area contributed by atoms with Crippen LogP contribution in [0.5, 0.6) is 0 Å². The van der Waals surface area contributed by atoms with Crippen molar-refractivity contribution in [2.75, 3.05) is 6.54 Å². The van der Waals surface area contributed by atoms with Crippen molar-refractivity contribution in [3.8, 4) is 0 Å². The van der Waals surface area contributed by atoms with Crippen LogP contribution in [0.3, 0.4) is 0 Å². The van der Waals surface area contributed by atoms with Gasteiger partial charge in [0.05, 0.1) is 6.04 Å². The molecule has 3 nitrogen and oxygen atoms in total. The van der Waals surface area contributed by atoms with E-state index < -0.39 is 17.8 Å². The molecule has 0 aliphatic carbocycles. The SMILES string of the molecule is C\C=C/C(=C\C(F)=C\F)C[C@H](NC/C=C/CCCCC)C(N)=O. The molecule has 0 saturated heterocycles. The van der Waals surface area contributed by atoms with Gasteiger partial charge in [-0.2, -0.15) is 0 Å². The fourth-order valence-electron chi connectivity index (χ4n) is 2.03. The summed E-state index contributed by atoms with van der Waals surface area (Å²) < 4.78 is 25.2. The number of carbonyl (C=O) groups is 1. The number of nitrogens with one attached hydrogen (secondary N) is 1. The summed E-state index contributed by atoms with van der Waals surface area (Å²) in [5, 5.41) is 3.02. The molecule has 0 aliphatic rings. The minimum absolute atomic E-state index is 0.116. The lowest BCUT2D eigenvalue weighted by Crippen LogP contribution is -2.41. The van der Waals surface area contributed by atoms with E-state index in [1.165, 1.54) is 12.8 Å². The first kappa shape index (κ1) is 21.2. The maximum Gasteiger partial charge on any atom is 0.234 e. The lowest BCUT2D eigenvalue weighted by molar-refractivity contribution is -0.119. The van der Waals surface area contributed by atoms with Crippen molar-refractivity contribution in [1.29, 1.82) is 0 Å². The molecule has 5 heteroatoms. The van der Waals surface area contributed by atoms with Crippen molar-refractivity contribution in [2.24, 2.45) is 5.73 Å². The third-order valence-corrected chi connectivity index (χ3v) is 3.21. The van der Waals surface area contributed by atoms with E-state index in [4.69, 9.17) is 5.73 Å². The molecule has 1 amide bonds. The van der Waals surface area contributed by atoms with Gasteiger partial charge in [-0.1, -0.05) is 44.1 Å². The smallest absolute Gasteiger partial charge is 0.234 e. The second kappa shape index (κ2) is 13.9. The summed E-state index contributed by atoms with van der Waals surface area (Å²) in [6, 6.07) is -0.634. The van der Waals surface area contributed by atoms with Gasteiger partial charge in [0.1, 0.15) is 6.33 Å². The van der Waals surface area contributed by atoms with E-state index in [1.54, 1.807) is 19.1 Å². The molecule has 0 rings (SSSR count). The molecule has 130 valence electrons. The van der Waals surface area contributed by atoms with Gasteiger partial charge < -0.3 is 11.1 Å².